The summed E-state index contributed by atoms with van der Waals surface area (Å²) < 4.78 is 12.7. The van der Waals surface area contributed by atoms with Crippen LogP contribution in [0.15, 0.2) is 18.2 Å². The maximum atomic E-state index is 12.7. The van der Waals surface area contributed by atoms with Crippen LogP contribution >= 0.6 is 0 Å². The van der Waals surface area contributed by atoms with Crippen molar-refractivity contribution in [2.24, 2.45) is 0 Å². The molecule has 2 aromatic rings. The second kappa shape index (κ2) is 6.38. The minimum Gasteiger partial charge on any atom is -0.493 e. The highest BCUT2D eigenvalue weighted by Crippen LogP contribution is 2.39. The van der Waals surface area contributed by atoms with Gasteiger partial charge in [-0.25, -0.2) is 0 Å². The third-order valence-electron chi connectivity index (χ3n) is 4.88. The molecule has 1 aromatic heterocycles. The number of benzene rings is 1. The van der Waals surface area contributed by atoms with E-state index >= 15 is 0 Å². The van der Waals surface area contributed by atoms with Crippen molar-refractivity contribution in [1.29, 1.82) is 0 Å². The molecule has 0 N–H and O–H groups in total. The predicted molar refractivity (Wildman–Crippen MR) is 90.7 cm³/mol. The third-order valence-corrected chi connectivity index (χ3v) is 4.88. The number of carbonyl (C=O) groups excluding carboxylic acids is 1. The summed E-state index contributed by atoms with van der Waals surface area (Å²) in [5, 5.41) is 8.61. The first-order chi connectivity index (χ1) is 12.2. The molecule has 0 saturated heterocycles. The van der Waals surface area contributed by atoms with Crippen LogP contribution < -0.4 is 9.47 Å². The molecule has 1 aliphatic heterocycles. The van der Waals surface area contributed by atoms with Gasteiger partial charge in [0, 0.05) is 19.0 Å². The van der Waals surface area contributed by atoms with Crippen LogP contribution in [0.3, 0.4) is 0 Å². The predicted octanol–water partition coefficient (Wildman–Crippen LogP) is 1.76. The van der Waals surface area contributed by atoms with E-state index in [4.69, 9.17) is 9.47 Å². The zero-order chi connectivity index (χ0) is 17.4. The molecule has 2 aliphatic rings. The van der Waals surface area contributed by atoms with E-state index in [1.165, 1.54) is 12.8 Å². The van der Waals surface area contributed by atoms with Crippen molar-refractivity contribution >= 4 is 5.91 Å². The summed E-state index contributed by atoms with van der Waals surface area (Å²) in [6.45, 7) is 2.02. The first-order valence-corrected chi connectivity index (χ1v) is 8.60. The van der Waals surface area contributed by atoms with E-state index in [0.29, 0.717) is 36.9 Å². The van der Waals surface area contributed by atoms with Crippen LogP contribution in [0.1, 0.15) is 36.0 Å². The molecule has 1 fully saturated rings. The maximum Gasteiger partial charge on any atom is 0.227 e. The summed E-state index contributed by atoms with van der Waals surface area (Å²) in [6.07, 6.45) is 2.75. The molecule has 25 heavy (non-hydrogen) atoms. The lowest BCUT2D eigenvalue weighted by atomic mass is 10.1. The summed E-state index contributed by atoms with van der Waals surface area (Å²) in [4.78, 5) is 14.5. The number of methoxy groups -OCH3 is 2. The molecule has 2 heterocycles. The number of aromatic nitrogens is 3. The van der Waals surface area contributed by atoms with Crippen molar-refractivity contribution in [3.05, 3.63) is 35.4 Å². The van der Waals surface area contributed by atoms with Crippen LogP contribution in [0.4, 0.5) is 0 Å². The van der Waals surface area contributed by atoms with Gasteiger partial charge in [-0.05, 0) is 30.5 Å². The summed E-state index contributed by atoms with van der Waals surface area (Å²) in [5.74, 6) is 3.97. The van der Waals surface area contributed by atoms with Gasteiger partial charge in [-0.3, -0.25) is 4.79 Å². The molecular formula is C18H22N4O3. The monoisotopic (exact) mass is 342 g/mol. The van der Waals surface area contributed by atoms with Crippen LogP contribution in [0.5, 0.6) is 11.5 Å². The molecule has 1 amide bonds. The summed E-state index contributed by atoms with van der Waals surface area (Å²) in [5.41, 5.74) is 0.911. The van der Waals surface area contributed by atoms with Crippen molar-refractivity contribution < 1.29 is 14.3 Å². The number of ether oxygens (including phenoxy) is 2. The second-order valence-corrected chi connectivity index (χ2v) is 6.58. The molecule has 0 atom stereocenters. The van der Waals surface area contributed by atoms with Gasteiger partial charge < -0.3 is 18.9 Å². The molecule has 1 saturated carbocycles. The van der Waals surface area contributed by atoms with Gasteiger partial charge >= 0.3 is 0 Å². The smallest absolute Gasteiger partial charge is 0.227 e. The zero-order valence-electron chi connectivity index (χ0n) is 14.6. The molecule has 0 radical (unpaired) electrons. The first kappa shape index (κ1) is 15.9. The number of hydrogen-bond acceptors (Lipinski definition) is 5. The minimum atomic E-state index is 0.0921. The van der Waals surface area contributed by atoms with Gasteiger partial charge in [-0.15, -0.1) is 10.2 Å². The topological polar surface area (TPSA) is 69.5 Å². The highest BCUT2D eigenvalue weighted by molar-refractivity contribution is 5.79. The van der Waals surface area contributed by atoms with Gasteiger partial charge in [0.1, 0.15) is 5.82 Å². The lowest BCUT2D eigenvalue weighted by molar-refractivity contribution is -0.132. The van der Waals surface area contributed by atoms with Crippen molar-refractivity contribution in [2.45, 2.75) is 38.3 Å². The first-order valence-electron chi connectivity index (χ1n) is 8.60. The van der Waals surface area contributed by atoms with E-state index in [0.717, 1.165) is 23.8 Å². The van der Waals surface area contributed by atoms with Crippen LogP contribution in [0.2, 0.25) is 0 Å². The average Bonchev–Trinajstić information content (AvgIpc) is 3.40. The SMILES string of the molecule is COc1ccc(CC(=O)N2CCn3c(nnc3C3CC3)C2)cc1OC. The standard InChI is InChI=1S/C18H22N4O3/c1-24-14-6-3-12(9-15(14)25-2)10-17(23)21-7-8-22-16(11-21)19-20-18(22)13-4-5-13/h3,6,9,13H,4-5,7-8,10-11H2,1-2H3. The number of carbonyl (C=O) groups is 1. The Morgan fingerprint density at radius 1 is 1.16 bits per heavy atom. The second-order valence-electron chi connectivity index (χ2n) is 6.58. The maximum absolute atomic E-state index is 12.7. The fraction of sp³-hybridized carbons (Fsp3) is 0.500. The minimum absolute atomic E-state index is 0.0921. The molecule has 0 unspecified atom stereocenters. The summed E-state index contributed by atoms with van der Waals surface area (Å²) in [6, 6.07) is 5.58. The normalized spacial score (nSPS) is 16.5. The number of fused-ring (bicyclic) bond motifs is 1. The number of nitrogens with zero attached hydrogens (tertiary/aromatic N) is 4. The fourth-order valence-corrected chi connectivity index (χ4v) is 3.31. The van der Waals surface area contributed by atoms with E-state index in [2.05, 4.69) is 14.8 Å². The van der Waals surface area contributed by atoms with Crippen LogP contribution in [-0.2, 0) is 24.3 Å². The quantitative estimate of drug-likeness (QED) is 0.828. The molecule has 132 valence electrons. The average molecular weight is 342 g/mol. The zero-order valence-corrected chi connectivity index (χ0v) is 14.6. The molecule has 1 aromatic carbocycles. The fourth-order valence-electron chi connectivity index (χ4n) is 3.31. The van der Waals surface area contributed by atoms with E-state index in [9.17, 15) is 4.79 Å². The van der Waals surface area contributed by atoms with Crippen molar-refractivity contribution in [2.75, 3.05) is 20.8 Å². The Morgan fingerprint density at radius 3 is 2.68 bits per heavy atom. The van der Waals surface area contributed by atoms with Gasteiger partial charge in [-0.2, -0.15) is 0 Å². The highest BCUT2D eigenvalue weighted by Gasteiger charge is 2.32. The van der Waals surface area contributed by atoms with Gasteiger partial charge in [0.15, 0.2) is 17.3 Å². The number of amides is 1. The van der Waals surface area contributed by atoms with Crippen LogP contribution in [0, 0.1) is 0 Å². The molecule has 1 aliphatic carbocycles. The van der Waals surface area contributed by atoms with E-state index < -0.39 is 0 Å². The van der Waals surface area contributed by atoms with Gasteiger partial charge in [-0.1, -0.05) is 6.07 Å². The Bertz CT molecular complexity index is 798. The number of rotatable bonds is 5. The molecule has 0 bridgehead atoms. The van der Waals surface area contributed by atoms with Crippen LogP contribution in [0.25, 0.3) is 0 Å². The molecule has 0 spiro atoms. The lowest BCUT2D eigenvalue weighted by Crippen LogP contribution is -2.39. The highest BCUT2D eigenvalue weighted by atomic mass is 16.5. The van der Waals surface area contributed by atoms with Crippen molar-refractivity contribution in [1.82, 2.24) is 19.7 Å². The van der Waals surface area contributed by atoms with E-state index in [-0.39, 0.29) is 5.91 Å². The van der Waals surface area contributed by atoms with Crippen molar-refractivity contribution in [3.63, 3.8) is 0 Å². The van der Waals surface area contributed by atoms with E-state index in [1.54, 1.807) is 14.2 Å². The summed E-state index contributed by atoms with van der Waals surface area (Å²) in [7, 11) is 3.20. The number of hydrogen-bond donors (Lipinski definition) is 0. The third kappa shape index (κ3) is 3.06. The largest absolute Gasteiger partial charge is 0.493 e. The lowest BCUT2D eigenvalue weighted by Gasteiger charge is -2.28. The molecule has 7 nitrogen and oxygen atoms in total. The molecular weight excluding hydrogens is 320 g/mol. The Labute approximate surface area is 146 Å². The Kier molecular flexibility index (Phi) is 4.07. The van der Waals surface area contributed by atoms with Gasteiger partial charge in [0.25, 0.3) is 0 Å². The molecule has 7 heteroatoms. The van der Waals surface area contributed by atoms with Gasteiger partial charge in [0.05, 0.1) is 27.2 Å². The Morgan fingerprint density at radius 2 is 1.96 bits per heavy atom. The summed E-state index contributed by atoms with van der Waals surface area (Å²) >= 11 is 0. The molecule has 4 rings (SSSR count). The Balaban J connectivity index is 1.45. The van der Waals surface area contributed by atoms with Crippen LogP contribution in [-0.4, -0.2) is 46.3 Å². The van der Waals surface area contributed by atoms with E-state index in [1.807, 2.05) is 23.1 Å². The van der Waals surface area contributed by atoms with Crippen molar-refractivity contribution in [3.8, 4) is 11.5 Å². The van der Waals surface area contributed by atoms with Gasteiger partial charge in [0.2, 0.25) is 5.91 Å². The Hall–Kier alpha value is -2.57.